The van der Waals surface area contributed by atoms with Gasteiger partial charge in [-0.2, -0.15) is 0 Å². The molecule has 0 aliphatic carbocycles. The van der Waals surface area contributed by atoms with E-state index in [1.165, 1.54) is 18.7 Å². The molecular weight excluding hydrogens is 440 g/mol. The summed E-state index contributed by atoms with van der Waals surface area (Å²) in [6, 6.07) is 3.86. The molecule has 10 nitrogen and oxygen atoms in total. The molecule has 32 heavy (non-hydrogen) atoms. The zero-order chi connectivity index (χ0) is 23.4. The van der Waals surface area contributed by atoms with Crippen molar-refractivity contribution in [1.82, 2.24) is 10.2 Å². The lowest BCUT2D eigenvalue weighted by atomic mass is 10.0. The molecule has 1 saturated heterocycles. The number of carbonyl (C=O) groups is 4. The van der Waals surface area contributed by atoms with Crippen molar-refractivity contribution in [3.8, 4) is 11.5 Å². The molecule has 2 N–H and O–H groups in total. The van der Waals surface area contributed by atoms with Crippen molar-refractivity contribution < 1.29 is 38.5 Å². The summed E-state index contributed by atoms with van der Waals surface area (Å²) in [4.78, 5) is 49.5. The second-order valence-electron chi connectivity index (χ2n) is 6.93. The normalized spacial score (nSPS) is 19.6. The van der Waals surface area contributed by atoms with Crippen molar-refractivity contribution in [2.75, 3.05) is 25.6 Å². The van der Waals surface area contributed by atoms with Gasteiger partial charge in [0.2, 0.25) is 0 Å². The van der Waals surface area contributed by atoms with E-state index in [-0.39, 0.29) is 23.6 Å². The number of hydrogen-bond donors (Lipinski definition) is 2. The topological polar surface area (TPSA) is 131 Å². The number of carboxylic acids is 1. The lowest BCUT2D eigenvalue weighted by Gasteiger charge is -2.49. The van der Waals surface area contributed by atoms with Crippen molar-refractivity contribution in [1.29, 1.82) is 0 Å². The third kappa shape index (κ3) is 4.67. The highest BCUT2D eigenvalue weighted by atomic mass is 32.2. The smallest absolute Gasteiger partial charge is 0.352 e. The highest BCUT2D eigenvalue weighted by molar-refractivity contribution is 8.00. The van der Waals surface area contributed by atoms with Gasteiger partial charge in [0.25, 0.3) is 11.8 Å². The Morgan fingerprint density at radius 3 is 2.50 bits per heavy atom. The van der Waals surface area contributed by atoms with Crippen LogP contribution in [0.4, 0.5) is 0 Å². The van der Waals surface area contributed by atoms with E-state index in [1.807, 2.05) is 13.8 Å². The van der Waals surface area contributed by atoms with Crippen molar-refractivity contribution in [3.63, 3.8) is 0 Å². The monoisotopic (exact) mass is 464 g/mol. The highest BCUT2D eigenvalue weighted by Gasteiger charge is 2.54. The minimum atomic E-state index is -1.29. The summed E-state index contributed by atoms with van der Waals surface area (Å²) in [5.41, 5.74) is 0.415. The van der Waals surface area contributed by atoms with Crippen LogP contribution in [0, 0.1) is 0 Å². The van der Waals surface area contributed by atoms with E-state index in [0.717, 1.165) is 4.90 Å². The van der Waals surface area contributed by atoms with Gasteiger partial charge in [-0.3, -0.25) is 19.3 Å². The van der Waals surface area contributed by atoms with Crippen molar-refractivity contribution in [3.05, 3.63) is 35.0 Å². The molecule has 172 valence electrons. The standard InChI is InChI=1S/C21H24N2O8S/c1-4-29-14-7-6-12(8-15(14)30-5-2)18(25)22-16-19(26)23-17(21(27)28)13(9-31-11(3)24)10-32-20(16)23/h6-8,16,20H,4-5,9-10H2,1-3H3,(H,22,25)(H,27,28)/t16-,20+/m0/s1. The largest absolute Gasteiger partial charge is 0.490 e. The molecule has 1 aromatic carbocycles. The summed E-state index contributed by atoms with van der Waals surface area (Å²) in [5.74, 6) is -1.67. The number of rotatable bonds is 9. The fraction of sp³-hybridized carbons (Fsp3) is 0.429. The number of fused-ring (bicyclic) bond motifs is 1. The molecule has 2 heterocycles. The van der Waals surface area contributed by atoms with Crippen LogP contribution in [0.3, 0.4) is 0 Å². The van der Waals surface area contributed by atoms with Crippen LogP contribution in [0.2, 0.25) is 0 Å². The maximum Gasteiger partial charge on any atom is 0.352 e. The van der Waals surface area contributed by atoms with Gasteiger partial charge in [0, 0.05) is 23.8 Å². The number of benzene rings is 1. The number of nitrogens with one attached hydrogen (secondary N) is 1. The summed E-state index contributed by atoms with van der Waals surface area (Å²) in [7, 11) is 0. The number of thioether (sulfide) groups is 1. The van der Waals surface area contributed by atoms with Crippen LogP contribution in [0.5, 0.6) is 11.5 Å². The first-order valence-electron chi connectivity index (χ1n) is 10.0. The molecule has 1 fully saturated rings. The number of carboxylic acid groups (broad SMARTS) is 1. The van der Waals surface area contributed by atoms with Gasteiger partial charge in [-0.05, 0) is 32.0 Å². The average Bonchev–Trinajstić information content (AvgIpc) is 2.76. The molecule has 0 aromatic heterocycles. The Kier molecular flexibility index (Phi) is 7.29. The van der Waals surface area contributed by atoms with Crippen LogP contribution in [-0.2, 0) is 19.1 Å². The zero-order valence-electron chi connectivity index (χ0n) is 17.9. The Hall–Kier alpha value is -3.21. The maximum absolute atomic E-state index is 12.8. The molecule has 2 atom stereocenters. The van der Waals surface area contributed by atoms with Gasteiger partial charge in [-0.25, -0.2) is 4.79 Å². The van der Waals surface area contributed by atoms with Gasteiger partial charge in [-0.15, -0.1) is 11.8 Å². The number of esters is 1. The summed E-state index contributed by atoms with van der Waals surface area (Å²) in [6.07, 6.45) is 0. The minimum Gasteiger partial charge on any atom is -0.490 e. The molecule has 2 amide bonds. The second kappa shape index (κ2) is 9.94. The second-order valence-corrected chi connectivity index (χ2v) is 8.03. The van der Waals surface area contributed by atoms with Gasteiger partial charge < -0.3 is 24.6 Å². The van der Waals surface area contributed by atoms with E-state index in [1.54, 1.807) is 18.2 Å². The average molecular weight is 464 g/mol. The number of β-lactam (4-membered cyclic amide) rings is 1. The first-order valence-corrected chi connectivity index (χ1v) is 11.1. The molecule has 2 aliphatic heterocycles. The van der Waals surface area contributed by atoms with Gasteiger partial charge in [0.15, 0.2) is 11.5 Å². The number of aliphatic carboxylic acids is 1. The predicted octanol–water partition coefficient (Wildman–Crippen LogP) is 1.40. The molecule has 0 unspecified atom stereocenters. The Labute approximate surface area is 188 Å². The molecule has 0 bridgehead atoms. The van der Waals surface area contributed by atoms with E-state index in [9.17, 15) is 24.3 Å². The van der Waals surface area contributed by atoms with E-state index in [0.29, 0.717) is 30.3 Å². The summed E-state index contributed by atoms with van der Waals surface area (Å²) in [5, 5.41) is 11.7. The van der Waals surface area contributed by atoms with Crippen LogP contribution in [-0.4, -0.2) is 70.7 Å². The quantitative estimate of drug-likeness (QED) is 0.411. The highest BCUT2D eigenvalue weighted by Crippen LogP contribution is 2.40. The molecule has 3 rings (SSSR count). The van der Waals surface area contributed by atoms with Crippen molar-refractivity contribution in [2.45, 2.75) is 32.2 Å². The molecule has 11 heteroatoms. The van der Waals surface area contributed by atoms with Crippen LogP contribution >= 0.6 is 11.8 Å². The number of carbonyl (C=O) groups excluding carboxylic acids is 3. The molecule has 0 saturated carbocycles. The number of ether oxygens (including phenoxy) is 3. The van der Waals surface area contributed by atoms with E-state index >= 15 is 0 Å². The fourth-order valence-corrected chi connectivity index (χ4v) is 4.73. The lowest BCUT2D eigenvalue weighted by molar-refractivity contribution is -0.149. The van der Waals surface area contributed by atoms with Gasteiger partial charge in [0.05, 0.1) is 13.2 Å². The molecule has 2 aliphatic rings. The molecule has 1 aromatic rings. The summed E-state index contributed by atoms with van der Waals surface area (Å²) in [6.45, 7) is 5.49. The summed E-state index contributed by atoms with van der Waals surface area (Å²) >= 11 is 1.30. The van der Waals surface area contributed by atoms with Crippen molar-refractivity contribution >= 4 is 35.5 Å². The Bertz CT molecular complexity index is 977. The predicted molar refractivity (Wildman–Crippen MR) is 114 cm³/mol. The SMILES string of the molecule is CCOc1ccc(C(=O)N[C@H]2C(=O)N3C(C(=O)O)=C(COC(C)=O)CS[C@H]23)cc1OCC. The summed E-state index contributed by atoms with van der Waals surface area (Å²) < 4.78 is 15.9. The van der Waals surface area contributed by atoms with Gasteiger partial charge in [-0.1, -0.05) is 0 Å². The first kappa shape index (κ1) is 23.5. The fourth-order valence-electron chi connectivity index (χ4n) is 3.40. The molecule has 0 radical (unpaired) electrons. The van der Waals surface area contributed by atoms with E-state index in [2.05, 4.69) is 5.32 Å². The Morgan fingerprint density at radius 2 is 1.88 bits per heavy atom. The van der Waals surface area contributed by atoms with Gasteiger partial charge >= 0.3 is 11.9 Å². The third-order valence-corrected chi connectivity index (χ3v) is 6.13. The Morgan fingerprint density at radius 1 is 1.19 bits per heavy atom. The number of amides is 2. The zero-order valence-corrected chi connectivity index (χ0v) is 18.7. The first-order chi connectivity index (χ1) is 15.3. The van der Waals surface area contributed by atoms with Crippen molar-refractivity contribution in [2.24, 2.45) is 0 Å². The van der Waals surface area contributed by atoms with Crippen LogP contribution in [0.25, 0.3) is 0 Å². The number of hydrogen-bond acceptors (Lipinski definition) is 8. The van der Waals surface area contributed by atoms with Crippen LogP contribution in [0.1, 0.15) is 31.1 Å². The molecular formula is C21H24N2O8S. The van der Waals surface area contributed by atoms with Crippen LogP contribution in [0.15, 0.2) is 29.5 Å². The van der Waals surface area contributed by atoms with Gasteiger partial charge in [0.1, 0.15) is 23.7 Å². The molecule has 0 spiro atoms. The third-order valence-electron chi connectivity index (χ3n) is 4.79. The number of nitrogens with zero attached hydrogens (tertiary/aromatic N) is 1. The lowest BCUT2D eigenvalue weighted by Crippen LogP contribution is -2.70. The van der Waals surface area contributed by atoms with E-state index < -0.39 is 35.2 Å². The van der Waals surface area contributed by atoms with Crippen LogP contribution < -0.4 is 14.8 Å². The Balaban J connectivity index is 1.75. The van der Waals surface area contributed by atoms with E-state index in [4.69, 9.17) is 14.2 Å². The maximum atomic E-state index is 12.8. The minimum absolute atomic E-state index is 0.204.